The van der Waals surface area contributed by atoms with Crippen LogP contribution in [0.3, 0.4) is 0 Å². The monoisotopic (exact) mass is 455 g/mol. The number of hydrogen-bond donors (Lipinski definition) is 0. The minimum Gasteiger partial charge on any atom is -0.452 e. The van der Waals surface area contributed by atoms with Crippen molar-refractivity contribution in [3.63, 3.8) is 0 Å². The SMILES string of the molecule is CCC(C)OC(=O)OC(C)O/C(=C(/C=N\C)c1ccc(C(C)(C)C)cc1)c1cc(C)nn1C. The Kier molecular flexibility index (Phi) is 8.85. The van der Waals surface area contributed by atoms with E-state index in [0.29, 0.717) is 12.2 Å². The molecule has 0 aliphatic heterocycles. The third kappa shape index (κ3) is 7.20. The minimum atomic E-state index is -0.888. The fraction of sp³-hybridized carbons (Fsp3) is 0.500. The molecule has 0 spiro atoms. The van der Waals surface area contributed by atoms with Crippen molar-refractivity contribution in [2.45, 2.75) is 72.7 Å². The van der Waals surface area contributed by atoms with Crippen LogP contribution in [-0.4, -0.2) is 41.6 Å². The van der Waals surface area contributed by atoms with Gasteiger partial charge < -0.3 is 14.2 Å². The van der Waals surface area contributed by atoms with Gasteiger partial charge in [-0.1, -0.05) is 52.0 Å². The largest absolute Gasteiger partial charge is 0.511 e. The van der Waals surface area contributed by atoms with Gasteiger partial charge in [-0.3, -0.25) is 9.67 Å². The second-order valence-electron chi connectivity index (χ2n) is 9.14. The van der Waals surface area contributed by atoms with E-state index in [1.54, 1.807) is 24.9 Å². The Hall–Kier alpha value is -3.09. The highest BCUT2D eigenvalue weighted by atomic mass is 16.8. The highest BCUT2D eigenvalue weighted by Gasteiger charge is 2.22. The molecular weight excluding hydrogens is 418 g/mol. The number of benzene rings is 1. The molecule has 0 aliphatic carbocycles. The molecule has 0 aliphatic rings. The van der Waals surface area contributed by atoms with Crippen molar-refractivity contribution >= 4 is 23.7 Å². The van der Waals surface area contributed by atoms with Crippen LogP contribution in [0.25, 0.3) is 11.3 Å². The van der Waals surface area contributed by atoms with Gasteiger partial charge in [-0.25, -0.2) is 4.79 Å². The van der Waals surface area contributed by atoms with E-state index in [1.165, 1.54) is 5.56 Å². The molecule has 2 unspecified atom stereocenters. The van der Waals surface area contributed by atoms with E-state index in [1.807, 2.05) is 46.0 Å². The molecule has 1 aromatic heterocycles. The second-order valence-corrected chi connectivity index (χ2v) is 9.14. The van der Waals surface area contributed by atoms with Crippen molar-refractivity contribution in [3.05, 3.63) is 52.8 Å². The van der Waals surface area contributed by atoms with Gasteiger partial charge in [0.2, 0.25) is 6.29 Å². The third-order valence-electron chi connectivity index (χ3n) is 5.22. The van der Waals surface area contributed by atoms with Crippen molar-refractivity contribution < 1.29 is 19.0 Å². The van der Waals surface area contributed by atoms with Crippen LogP contribution < -0.4 is 0 Å². The number of rotatable bonds is 8. The van der Waals surface area contributed by atoms with Gasteiger partial charge in [0.15, 0.2) is 5.76 Å². The molecule has 0 saturated carbocycles. The summed E-state index contributed by atoms with van der Waals surface area (Å²) in [5.41, 5.74) is 4.53. The Morgan fingerprint density at radius 1 is 1.15 bits per heavy atom. The normalized spacial score (nSPS) is 14.6. The van der Waals surface area contributed by atoms with Gasteiger partial charge in [-0.15, -0.1) is 0 Å². The van der Waals surface area contributed by atoms with Crippen LogP contribution in [0.15, 0.2) is 35.3 Å². The van der Waals surface area contributed by atoms with Crippen LogP contribution in [0, 0.1) is 6.92 Å². The van der Waals surface area contributed by atoms with Crippen LogP contribution >= 0.6 is 0 Å². The fourth-order valence-electron chi connectivity index (χ4n) is 3.23. The molecule has 2 aromatic rings. The maximum atomic E-state index is 12.1. The first kappa shape index (κ1) is 26.2. The van der Waals surface area contributed by atoms with Gasteiger partial charge in [-0.2, -0.15) is 5.10 Å². The number of hydrogen-bond acceptors (Lipinski definition) is 6. The summed E-state index contributed by atoms with van der Waals surface area (Å²) >= 11 is 0. The predicted octanol–water partition coefficient (Wildman–Crippen LogP) is 5.91. The lowest BCUT2D eigenvalue weighted by molar-refractivity contribution is -0.0753. The second kappa shape index (κ2) is 11.2. The van der Waals surface area contributed by atoms with E-state index in [-0.39, 0.29) is 11.5 Å². The lowest BCUT2D eigenvalue weighted by Gasteiger charge is -2.22. The van der Waals surface area contributed by atoms with Gasteiger partial charge in [-0.05, 0) is 42.9 Å². The Labute approximate surface area is 197 Å². The predicted molar refractivity (Wildman–Crippen MR) is 132 cm³/mol. The molecule has 1 heterocycles. The van der Waals surface area contributed by atoms with Crippen LogP contribution in [0.1, 0.15) is 70.5 Å². The molecule has 1 aromatic carbocycles. The highest BCUT2D eigenvalue weighted by Crippen LogP contribution is 2.30. The zero-order valence-corrected chi connectivity index (χ0v) is 21.3. The Morgan fingerprint density at radius 3 is 2.27 bits per heavy atom. The Morgan fingerprint density at radius 2 is 1.79 bits per heavy atom. The van der Waals surface area contributed by atoms with Crippen LogP contribution in [0.2, 0.25) is 0 Å². The van der Waals surface area contributed by atoms with Crippen molar-refractivity contribution in [1.82, 2.24) is 9.78 Å². The van der Waals surface area contributed by atoms with Gasteiger partial charge in [0.1, 0.15) is 11.8 Å². The molecule has 0 amide bonds. The summed E-state index contributed by atoms with van der Waals surface area (Å²) in [5, 5.41) is 4.46. The van der Waals surface area contributed by atoms with Gasteiger partial charge in [0.25, 0.3) is 0 Å². The van der Waals surface area contributed by atoms with Crippen molar-refractivity contribution in [1.29, 1.82) is 0 Å². The molecule has 7 nitrogen and oxygen atoms in total. The molecule has 0 saturated heterocycles. The van der Waals surface area contributed by atoms with E-state index in [0.717, 1.165) is 22.5 Å². The Balaban J connectivity index is 2.51. The lowest BCUT2D eigenvalue weighted by atomic mass is 9.86. The Bertz CT molecular complexity index is 998. The first-order valence-corrected chi connectivity index (χ1v) is 11.3. The molecule has 7 heteroatoms. The molecule has 0 fully saturated rings. The van der Waals surface area contributed by atoms with Crippen molar-refractivity contribution in [2.24, 2.45) is 12.0 Å². The average molecular weight is 456 g/mol. The summed E-state index contributed by atoms with van der Waals surface area (Å²) in [5.74, 6) is 0.510. The number of aliphatic imine (C=N–C) groups is 1. The van der Waals surface area contributed by atoms with Crippen LogP contribution in [0.5, 0.6) is 0 Å². The maximum absolute atomic E-state index is 12.1. The number of ether oxygens (including phenoxy) is 3. The van der Waals surface area contributed by atoms with E-state index < -0.39 is 12.4 Å². The topological polar surface area (TPSA) is 74.9 Å². The van der Waals surface area contributed by atoms with Crippen molar-refractivity contribution in [2.75, 3.05) is 7.05 Å². The number of carbonyl (C=O) groups excluding carboxylic acids is 1. The molecule has 0 N–H and O–H groups in total. The number of aryl methyl sites for hydroxylation is 2. The number of carbonyl (C=O) groups is 1. The lowest BCUT2D eigenvalue weighted by Crippen LogP contribution is -2.22. The quantitative estimate of drug-likeness (QED) is 0.214. The number of nitrogens with zero attached hydrogens (tertiary/aromatic N) is 3. The maximum Gasteiger partial charge on any atom is 0.511 e. The van der Waals surface area contributed by atoms with E-state index in [2.05, 4.69) is 43.0 Å². The van der Waals surface area contributed by atoms with E-state index in [9.17, 15) is 4.79 Å². The zero-order valence-electron chi connectivity index (χ0n) is 21.3. The average Bonchev–Trinajstić information content (AvgIpc) is 3.07. The third-order valence-corrected chi connectivity index (χ3v) is 5.22. The van der Waals surface area contributed by atoms with Gasteiger partial charge >= 0.3 is 6.16 Å². The standard InChI is InChI=1S/C26H37N3O4/c1-10-18(3)31-25(30)33-19(4)32-24(23-15-17(2)28-29(23)9)22(16-27-8)20-11-13-21(14-12-20)26(5,6)7/h11-16,18-19H,10H2,1-9H3/b24-22-,27-16-. The molecule has 0 radical (unpaired) electrons. The summed E-state index contributed by atoms with van der Waals surface area (Å²) in [4.78, 5) is 16.4. The van der Waals surface area contributed by atoms with Crippen molar-refractivity contribution in [3.8, 4) is 0 Å². The molecule has 0 bridgehead atoms. The number of allylic oxidation sites excluding steroid dienone is 1. The summed E-state index contributed by atoms with van der Waals surface area (Å²) < 4.78 is 18.5. The minimum absolute atomic E-state index is 0.0398. The number of aromatic nitrogens is 2. The van der Waals surface area contributed by atoms with Crippen LogP contribution in [0.4, 0.5) is 4.79 Å². The fourth-order valence-corrected chi connectivity index (χ4v) is 3.23. The van der Waals surface area contributed by atoms with Gasteiger partial charge in [0.05, 0.1) is 5.69 Å². The summed E-state index contributed by atoms with van der Waals surface area (Å²) in [6.07, 6.45) is 0.557. The molecule has 2 atom stereocenters. The molecule has 180 valence electrons. The van der Waals surface area contributed by atoms with Gasteiger partial charge in [0, 0.05) is 32.8 Å². The van der Waals surface area contributed by atoms with E-state index in [4.69, 9.17) is 14.2 Å². The zero-order chi connectivity index (χ0) is 24.8. The summed E-state index contributed by atoms with van der Waals surface area (Å²) in [6.45, 7) is 13.9. The molecule has 33 heavy (non-hydrogen) atoms. The first-order valence-electron chi connectivity index (χ1n) is 11.3. The smallest absolute Gasteiger partial charge is 0.452 e. The van der Waals surface area contributed by atoms with Crippen LogP contribution in [-0.2, 0) is 26.7 Å². The van der Waals surface area contributed by atoms with E-state index >= 15 is 0 Å². The molecular formula is C26H37N3O4. The summed E-state index contributed by atoms with van der Waals surface area (Å²) in [6, 6.07) is 10.2. The highest BCUT2D eigenvalue weighted by molar-refractivity contribution is 6.18. The molecule has 2 rings (SSSR count). The first-order chi connectivity index (χ1) is 15.5. The summed E-state index contributed by atoms with van der Waals surface area (Å²) in [7, 11) is 3.55.